The lowest BCUT2D eigenvalue weighted by molar-refractivity contribution is 0.303. The summed E-state index contributed by atoms with van der Waals surface area (Å²) < 4.78 is 0. The predicted molar refractivity (Wildman–Crippen MR) is 86.6 cm³/mol. The van der Waals surface area contributed by atoms with Crippen molar-refractivity contribution in [2.45, 2.75) is 6.42 Å². The lowest BCUT2D eigenvalue weighted by Gasteiger charge is -2.07. The van der Waals surface area contributed by atoms with E-state index in [2.05, 4.69) is 25.5 Å². The number of rotatable bonds is 5. The number of nitrogen functional groups attached to an aromatic ring is 1. The standard InChI is InChI=1S/C15H16N6O/c16-15-17-5-4-13(20-15)19-12-7-10(3-1-2-6-22)14-11(8-12)9-18-21-14/h1,3-5,7-9,22H,2,6H2,(H,18,21)(H3,16,17,19,20). The fourth-order valence-corrected chi connectivity index (χ4v) is 2.16. The van der Waals surface area contributed by atoms with Gasteiger partial charge in [0.15, 0.2) is 0 Å². The molecule has 3 rings (SSSR count). The molecule has 0 aliphatic rings. The SMILES string of the molecule is Nc1nccc(Nc2cc(C=CCCO)c3[nH]ncc3c2)n1. The first-order chi connectivity index (χ1) is 10.8. The molecule has 0 saturated carbocycles. The maximum Gasteiger partial charge on any atom is 0.221 e. The van der Waals surface area contributed by atoms with Crippen LogP contribution in [0.2, 0.25) is 0 Å². The summed E-state index contributed by atoms with van der Waals surface area (Å²) in [6.07, 6.45) is 7.84. The number of H-pyrrole nitrogens is 1. The predicted octanol–water partition coefficient (Wildman–Crippen LogP) is 2.07. The number of aliphatic hydroxyl groups is 1. The Kier molecular flexibility index (Phi) is 3.97. The zero-order chi connectivity index (χ0) is 15.4. The second kappa shape index (κ2) is 6.23. The van der Waals surface area contributed by atoms with Crippen LogP contribution in [-0.2, 0) is 0 Å². The number of anilines is 3. The minimum Gasteiger partial charge on any atom is -0.396 e. The highest BCUT2D eigenvalue weighted by atomic mass is 16.2. The van der Waals surface area contributed by atoms with E-state index in [4.69, 9.17) is 10.8 Å². The molecule has 0 radical (unpaired) electrons. The molecule has 7 heteroatoms. The fraction of sp³-hybridized carbons (Fsp3) is 0.133. The number of aromatic amines is 1. The molecule has 0 aliphatic carbocycles. The second-order valence-corrected chi connectivity index (χ2v) is 4.74. The quantitative estimate of drug-likeness (QED) is 0.573. The first-order valence-corrected chi connectivity index (χ1v) is 6.86. The Balaban J connectivity index is 1.96. The van der Waals surface area contributed by atoms with Crippen molar-refractivity contribution in [3.8, 4) is 0 Å². The summed E-state index contributed by atoms with van der Waals surface area (Å²) in [4.78, 5) is 7.99. The molecule has 2 heterocycles. The second-order valence-electron chi connectivity index (χ2n) is 4.74. The lowest BCUT2D eigenvalue weighted by atomic mass is 10.1. The van der Waals surface area contributed by atoms with Gasteiger partial charge in [0, 0.05) is 29.4 Å². The highest BCUT2D eigenvalue weighted by Gasteiger charge is 2.05. The maximum atomic E-state index is 8.88. The molecular weight excluding hydrogens is 280 g/mol. The zero-order valence-electron chi connectivity index (χ0n) is 11.8. The molecule has 2 aromatic heterocycles. The summed E-state index contributed by atoms with van der Waals surface area (Å²) in [6.45, 7) is 0.126. The van der Waals surface area contributed by atoms with Crippen LogP contribution in [0.25, 0.3) is 17.0 Å². The number of fused-ring (bicyclic) bond motifs is 1. The third-order valence-corrected chi connectivity index (χ3v) is 3.12. The summed E-state index contributed by atoms with van der Waals surface area (Å²) >= 11 is 0. The zero-order valence-corrected chi connectivity index (χ0v) is 11.8. The van der Waals surface area contributed by atoms with Crippen molar-refractivity contribution in [3.63, 3.8) is 0 Å². The number of aliphatic hydroxyl groups excluding tert-OH is 1. The first kappa shape index (κ1) is 14.0. The number of hydrogen-bond acceptors (Lipinski definition) is 6. The number of nitrogens with two attached hydrogens (primary N) is 1. The van der Waals surface area contributed by atoms with Crippen molar-refractivity contribution >= 4 is 34.4 Å². The van der Waals surface area contributed by atoms with Gasteiger partial charge in [-0.3, -0.25) is 5.10 Å². The molecule has 3 aromatic rings. The van der Waals surface area contributed by atoms with E-state index in [1.807, 2.05) is 24.3 Å². The average Bonchev–Trinajstić information content (AvgIpc) is 2.96. The average molecular weight is 296 g/mol. The van der Waals surface area contributed by atoms with Gasteiger partial charge in [0.1, 0.15) is 5.82 Å². The normalized spacial score (nSPS) is 11.3. The summed E-state index contributed by atoms with van der Waals surface area (Å²) in [5.41, 5.74) is 8.38. The van der Waals surface area contributed by atoms with Crippen molar-refractivity contribution in [1.29, 1.82) is 0 Å². The monoisotopic (exact) mass is 296 g/mol. The third kappa shape index (κ3) is 3.04. The number of nitrogens with zero attached hydrogens (tertiary/aromatic N) is 3. The van der Waals surface area contributed by atoms with E-state index >= 15 is 0 Å². The van der Waals surface area contributed by atoms with Gasteiger partial charge in [-0.1, -0.05) is 12.2 Å². The van der Waals surface area contributed by atoms with Gasteiger partial charge in [-0.05, 0) is 24.6 Å². The largest absolute Gasteiger partial charge is 0.396 e. The topological polar surface area (TPSA) is 113 Å². The van der Waals surface area contributed by atoms with E-state index in [9.17, 15) is 0 Å². The van der Waals surface area contributed by atoms with Gasteiger partial charge >= 0.3 is 0 Å². The van der Waals surface area contributed by atoms with Gasteiger partial charge in [0.05, 0.1) is 11.7 Å². The van der Waals surface area contributed by atoms with Crippen molar-refractivity contribution < 1.29 is 5.11 Å². The molecule has 0 bridgehead atoms. The maximum absolute atomic E-state index is 8.88. The van der Waals surface area contributed by atoms with Crippen LogP contribution in [0.5, 0.6) is 0 Å². The molecule has 112 valence electrons. The van der Waals surface area contributed by atoms with Crippen LogP contribution in [0.4, 0.5) is 17.5 Å². The Bertz CT molecular complexity index is 811. The van der Waals surface area contributed by atoms with Crippen LogP contribution in [0.1, 0.15) is 12.0 Å². The van der Waals surface area contributed by atoms with Gasteiger partial charge in [-0.25, -0.2) is 4.98 Å². The van der Waals surface area contributed by atoms with Crippen LogP contribution < -0.4 is 11.1 Å². The van der Waals surface area contributed by atoms with E-state index in [0.717, 1.165) is 22.2 Å². The van der Waals surface area contributed by atoms with E-state index in [1.54, 1.807) is 18.5 Å². The Hall–Kier alpha value is -2.93. The van der Waals surface area contributed by atoms with E-state index in [1.165, 1.54) is 0 Å². The molecule has 0 atom stereocenters. The number of benzene rings is 1. The van der Waals surface area contributed by atoms with E-state index in [-0.39, 0.29) is 12.6 Å². The molecule has 0 aliphatic heterocycles. The molecule has 0 fully saturated rings. The highest BCUT2D eigenvalue weighted by molar-refractivity contribution is 5.90. The first-order valence-electron chi connectivity index (χ1n) is 6.86. The molecule has 5 N–H and O–H groups in total. The molecule has 0 saturated heterocycles. The Labute approximate surface area is 126 Å². The summed E-state index contributed by atoms with van der Waals surface area (Å²) in [5, 5.41) is 20.1. The van der Waals surface area contributed by atoms with Crippen LogP contribution >= 0.6 is 0 Å². The summed E-state index contributed by atoms with van der Waals surface area (Å²) in [5.74, 6) is 0.845. The van der Waals surface area contributed by atoms with Crippen LogP contribution in [0.15, 0.2) is 36.7 Å². The van der Waals surface area contributed by atoms with Crippen molar-refractivity contribution in [2.75, 3.05) is 17.7 Å². The lowest BCUT2D eigenvalue weighted by Crippen LogP contribution is -1.99. The molecule has 22 heavy (non-hydrogen) atoms. The van der Waals surface area contributed by atoms with Crippen molar-refractivity contribution in [3.05, 3.63) is 42.2 Å². The van der Waals surface area contributed by atoms with Crippen LogP contribution in [-0.4, -0.2) is 31.9 Å². The van der Waals surface area contributed by atoms with Gasteiger partial charge in [-0.15, -0.1) is 0 Å². The smallest absolute Gasteiger partial charge is 0.221 e. The molecule has 7 nitrogen and oxygen atoms in total. The van der Waals surface area contributed by atoms with Crippen molar-refractivity contribution in [1.82, 2.24) is 20.2 Å². The Morgan fingerprint density at radius 3 is 3.09 bits per heavy atom. The number of aromatic nitrogens is 4. The van der Waals surface area contributed by atoms with Crippen LogP contribution in [0, 0.1) is 0 Å². The number of hydrogen-bond donors (Lipinski definition) is 4. The summed E-state index contributed by atoms with van der Waals surface area (Å²) in [6, 6.07) is 5.70. The van der Waals surface area contributed by atoms with E-state index in [0.29, 0.717) is 12.2 Å². The van der Waals surface area contributed by atoms with Crippen LogP contribution in [0.3, 0.4) is 0 Å². The minimum absolute atomic E-state index is 0.126. The fourth-order valence-electron chi connectivity index (χ4n) is 2.16. The Morgan fingerprint density at radius 1 is 1.36 bits per heavy atom. The van der Waals surface area contributed by atoms with Gasteiger partial charge in [-0.2, -0.15) is 10.1 Å². The van der Waals surface area contributed by atoms with Gasteiger partial charge in [0.2, 0.25) is 5.95 Å². The molecular formula is C15H16N6O. The third-order valence-electron chi connectivity index (χ3n) is 3.12. The van der Waals surface area contributed by atoms with Gasteiger partial charge in [0.25, 0.3) is 0 Å². The molecule has 0 amide bonds. The summed E-state index contributed by atoms with van der Waals surface area (Å²) in [7, 11) is 0. The molecule has 0 spiro atoms. The number of nitrogens with one attached hydrogen (secondary N) is 2. The Morgan fingerprint density at radius 2 is 2.27 bits per heavy atom. The van der Waals surface area contributed by atoms with Crippen molar-refractivity contribution in [2.24, 2.45) is 0 Å². The van der Waals surface area contributed by atoms with Gasteiger partial charge < -0.3 is 16.2 Å². The molecule has 1 aromatic carbocycles. The molecule has 0 unspecified atom stereocenters. The minimum atomic E-state index is 0.126. The highest BCUT2D eigenvalue weighted by Crippen LogP contribution is 2.25. The van der Waals surface area contributed by atoms with E-state index < -0.39 is 0 Å².